The second-order valence-electron chi connectivity index (χ2n) is 3.41. The van der Waals surface area contributed by atoms with Crippen molar-refractivity contribution in [1.29, 1.82) is 0 Å². The van der Waals surface area contributed by atoms with Crippen LogP contribution in [0.5, 0.6) is 5.75 Å². The standard InChI is InChI=1S/C12H17NO5/c1-15-6-7-16-9-18-11-4-2-10(3-5-11)8-17-12(13)14/h2-5H,6-9H2,1H3,(H2,13,14). The highest BCUT2D eigenvalue weighted by Gasteiger charge is 1.98. The van der Waals surface area contributed by atoms with Crippen molar-refractivity contribution >= 4 is 6.09 Å². The molecule has 0 saturated heterocycles. The molecule has 100 valence electrons. The van der Waals surface area contributed by atoms with Gasteiger partial charge in [-0.3, -0.25) is 0 Å². The molecule has 0 saturated carbocycles. The van der Waals surface area contributed by atoms with Gasteiger partial charge in [-0.15, -0.1) is 0 Å². The maximum Gasteiger partial charge on any atom is 0.404 e. The Kier molecular flexibility index (Phi) is 6.60. The van der Waals surface area contributed by atoms with Crippen LogP contribution in [-0.4, -0.2) is 33.2 Å². The largest absolute Gasteiger partial charge is 0.468 e. The lowest BCUT2D eigenvalue weighted by Crippen LogP contribution is -2.12. The van der Waals surface area contributed by atoms with E-state index in [9.17, 15) is 4.79 Å². The first-order valence-corrected chi connectivity index (χ1v) is 5.43. The Bertz CT molecular complexity index is 352. The van der Waals surface area contributed by atoms with Crippen molar-refractivity contribution in [3.8, 4) is 5.75 Å². The first-order chi connectivity index (χ1) is 8.72. The van der Waals surface area contributed by atoms with Crippen LogP contribution in [0.4, 0.5) is 4.79 Å². The van der Waals surface area contributed by atoms with Gasteiger partial charge in [-0.1, -0.05) is 12.1 Å². The van der Waals surface area contributed by atoms with E-state index < -0.39 is 6.09 Å². The summed E-state index contributed by atoms with van der Waals surface area (Å²) in [5.41, 5.74) is 5.70. The molecule has 0 aliphatic rings. The number of nitrogens with two attached hydrogens (primary N) is 1. The summed E-state index contributed by atoms with van der Waals surface area (Å²) < 4.78 is 20.0. The highest BCUT2D eigenvalue weighted by atomic mass is 16.7. The van der Waals surface area contributed by atoms with Gasteiger partial charge in [0.2, 0.25) is 0 Å². The van der Waals surface area contributed by atoms with Gasteiger partial charge >= 0.3 is 6.09 Å². The fourth-order valence-electron chi connectivity index (χ4n) is 1.15. The Balaban J connectivity index is 2.25. The van der Waals surface area contributed by atoms with E-state index in [2.05, 4.69) is 4.74 Å². The van der Waals surface area contributed by atoms with Crippen LogP contribution in [0.3, 0.4) is 0 Å². The number of benzene rings is 1. The zero-order chi connectivity index (χ0) is 13.2. The van der Waals surface area contributed by atoms with Crippen LogP contribution in [-0.2, 0) is 20.8 Å². The number of carbonyl (C=O) groups is 1. The minimum absolute atomic E-state index is 0.153. The summed E-state index contributed by atoms with van der Waals surface area (Å²) in [4.78, 5) is 10.4. The topological polar surface area (TPSA) is 80.0 Å². The van der Waals surface area contributed by atoms with Crippen LogP contribution < -0.4 is 10.5 Å². The highest BCUT2D eigenvalue weighted by molar-refractivity contribution is 5.64. The lowest BCUT2D eigenvalue weighted by Gasteiger charge is -2.07. The molecule has 2 N–H and O–H groups in total. The average molecular weight is 255 g/mol. The first kappa shape index (κ1) is 14.3. The highest BCUT2D eigenvalue weighted by Crippen LogP contribution is 2.12. The molecule has 0 aliphatic heterocycles. The minimum atomic E-state index is -0.790. The SMILES string of the molecule is COCCOCOc1ccc(COC(N)=O)cc1. The molecular formula is C12H17NO5. The van der Waals surface area contributed by atoms with Gasteiger partial charge in [0.15, 0.2) is 6.79 Å². The Hall–Kier alpha value is -1.79. The first-order valence-electron chi connectivity index (χ1n) is 5.43. The van der Waals surface area contributed by atoms with Gasteiger partial charge in [0, 0.05) is 7.11 Å². The molecule has 1 aromatic carbocycles. The number of amides is 1. The number of hydrogen-bond donors (Lipinski definition) is 1. The predicted octanol–water partition coefficient (Wildman–Crippen LogP) is 1.28. The summed E-state index contributed by atoms with van der Waals surface area (Å²) in [7, 11) is 1.61. The van der Waals surface area contributed by atoms with Crippen molar-refractivity contribution in [2.24, 2.45) is 5.73 Å². The third-order valence-electron chi connectivity index (χ3n) is 2.05. The van der Waals surface area contributed by atoms with Crippen molar-refractivity contribution in [1.82, 2.24) is 0 Å². The lowest BCUT2D eigenvalue weighted by atomic mass is 10.2. The number of rotatable bonds is 8. The van der Waals surface area contributed by atoms with E-state index in [0.29, 0.717) is 19.0 Å². The zero-order valence-electron chi connectivity index (χ0n) is 10.3. The molecule has 1 aromatic rings. The maximum atomic E-state index is 10.4. The summed E-state index contributed by atoms with van der Waals surface area (Å²) in [6.45, 7) is 1.34. The van der Waals surface area contributed by atoms with Crippen LogP contribution in [0.1, 0.15) is 5.56 Å². The molecule has 1 amide bonds. The fourth-order valence-corrected chi connectivity index (χ4v) is 1.15. The number of ether oxygens (including phenoxy) is 4. The van der Waals surface area contributed by atoms with E-state index >= 15 is 0 Å². The minimum Gasteiger partial charge on any atom is -0.468 e. The van der Waals surface area contributed by atoms with E-state index in [-0.39, 0.29) is 13.4 Å². The quantitative estimate of drug-likeness (QED) is 0.559. The normalized spacial score (nSPS) is 10.1. The molecule has 0 aliphatic carbocycles. The number of methoxy groups -OCH3 is 1. The summed E-state index contributed by atoms with van der Waals surface area (Å²) in [5, 5.41) is 0. The van der Waals surface area contributed by atoms with Gasteiger partial charge in [-0.05, 0) is 17.7 Å². The molecule has 0 radical (unpaired) electrons. The van der Waals surface area contributed by atoms with Gasteiger partial charge in [0.25, 0.3) is 0 Å². The van der Waals surface area contributed by atoms with E-state index in [1.807, 2.05) is 0 Å². The molecule has 0 bridgehead atoms. The molecule has 18 heavy (non-hydrogen) atoms. The summed E-state index contributed by atoms with van der Waals surface area (Å²) in [6, 6.07) is 7.10. The molecule has 6 nitrogen and oxygen atoms in total. The monoisotopic (exact) mass is 255 g/mol. The Labute approximate surface area is 106 Å². The van der Waals surface area contributed by atoms with Crippen molar-refractivity contribution in [2.45, 2.75) is 6.61 Å². The molecule has 1 rings (SSSR count). The third-order valence-corrected chi connectivity index (χ3v) is 2.05. The number of carbonyl (C=O) groups excluding carboxylic acids is 1. The van der Waals surface area contributed by atoms with Gasteiger partial charge in [0.1, 0.15) is 12.4 Å². The van der Waals surface area contributed by atoms with Gasteiger partial charge in [0.05, 0.1) is 13.2 Å². The third kappa shape index (κ3) is 6.07. The summed E-state index contributed by atoms with van der Waals surface area (Å²) in [6.07, 6.45) is -0.790. The van der Waals surface area contributed by atoms with E-state index in [1.54, 1.807) is 31.4 Å². The molecule has 0 spiro atoms. The maximum absolute atomic E-state index is 10.4. The van der Waals surface area contributed by atoms with E-state index in [0.717, 1.165) is 5.56 Å². The van der Waals surface area contributed by atoms with Crippen LogP contribution in [0, 0.1) is 0 Å². The summed E-state index contributed by atoms with van der Waals surface area (Å²) in [5.74, 6) is 0.676. The predicted molar refractivity (Wildman–Crippen MR) is 64.1 cm³/mol. The van der Waals surface area contributed by atoms with E-state index in [1.165, 1.54) is 0 Å². The van der Waals surface area contributed by atoms with Gasteiger partial charge < -0.3 is 24.7 Å². The van der Waals surface area contributed by atoms with E-state index in [4.69, 9.17) is 19.9 Å². The second kappa shape index (κ2) is 8.32. The Morgan fingerprint density at radius 1 is 1.22 bits per heavy atom. The zero-order valence-corrected chi connectivity index (χ0v) is 10.3. The smallest absolute Gasteiger partial charge is 0.404 e. The van der Waals surface area contributed by atoms with Crippen LogP contribution in [0.25, 0.3) is 0 Å². The van der Waals surface area contributed by atoms with Crippen molar-refractivity contribution in [2.75, 3.05) is 27.1 Å². The number of hydrogen-bond acceptors (Lipinski definition) is 5. The molecule has 0 heterocycles. The molecular weight excluding hydrogens is 238 g/mol. The molecule has 0 unspecified atom stereocenters. The molecule has 0 aromatic heterocycles. The molecule has 0 fully saturated rings. The van der Waals surface area contributed by atoms with Crippen molar-refractivity contribution < 1.29 is 23.7 Å². The average Bonchev–Trinajstić information content (AvgIpc) is 2.37. The van der Waals surface area contributed by atoms with Crippen LogP contribution in [0.2, 0.25) is 0 Å². The molecule has 0 atom stereocenters. The van der Waals surface area contributed by atoms with Gasteiger partial charge in [-0.25, -0.2) is 4.79 Å². The van der Waals surface area contributed by atoms with Crippen LogP contribution in [0.15, 0.2) is 24.3 Å². The number of primary amides is 1. The Morgan fingerprint density at radius 3 is 2.56 bits per heavy atom. The van der Waals surface area contributed by atoms with Crippen molar-refractivity contribution in [3.05, 3.63) is 29.8 Å². The van der Waals surface area contributed by atoms with Crippen molar-refractivity contribution in [3.63, 3.8) is 0 Å². The van der Waals surface area contributed by atoms with Crippen LogP contribution >= 0.6 is 0 Å². The lowest BCUT2D eigenvalue weighted by molar-refractivity contribution is -0.00848. The summed E-state index contributed by atoms with van der Waals surface area (Å²) >= 11 is 0. The fraction of sp³-hybridized carbons (Fsp3) is 0.417. The van der Waals surface area contributed by atoms with Gasteiger partial charge in [-0.2, -0.15) is 0 Å². The molecule has 6 heteroatoms. The second-order valence-corrected chi connectivity index (χ2v) is 3.41. The Morgan fingerprint density at radius 2 is 1.94 bits per heavy atom.